The van der Waals surface area contributed by atoms with Gasteiger partial charge in [-0.25, -0.2) is 27.2 Å². The molecule has 0 aliphatic carbocycles. The summed E-state index contributed by atoms with van der Waals surface area (Å²) in [5.74, 6) is -1.91. The predicted octanol–water partition coefficient (Wildman–Crippen LogP) is 5.19. The van der Waals surface area contributed by atoms with Crippen LogP contribution in [0.1, 0.15) is 5.56 Å². The predicted molar refractivity (Wildman–Crippen MR) is 91.3 cm³/mol. The molecule has 142 valence electrons. The van der Waals surface area contributed by atoms with E-state index in [4.69, 9.17) is 11.6 Å². The highest BCUT2D eigenvalue weighted by Crippen LogP contribution is 2.35. The Morgan fingerprint density at radius 3 is 2.33 bits per heavy atom. The second kappa shape index (κ2) is 6.80. The zero-order chi connectivity index (χ0) is 20.0. The molecule has 0 spiro atoms. The minimum Gasteiger partial charge on any atom is -0.218 e. The first-order chi connectivity index (χ1) is 12.5. The number of hydrogen-bond donors (Lipinski definition) is 0. The lowest BCUT2D eigenvalue weighted by Crippen LogP contribution is -2.23. The zero-order valence-electron chi connectivity index (χ0n) is 12.8. The first kappa shape index (κ1) is 19.6. The molecule has 1 aromatic heterocycles. The molecule has 0 unspecified atom stereocenters. The van der Waals surface area contributed by atoms with E-state index in [0.29, 0.717) is 11.3 Å². The highest BCUT2D eigenvalue weighted by Gasteiger charge is 2.46. The second-order valence-corrected chi connectivity index (χ2v) is 8.38. The number of alkyl halides is 3. The van der Waals surface area contributed by atoms with Crippen LogP contribution in [-0.4, -0.2) is 24.1 Å². The number of hydrogen-bond acceptors (Lipinski definition) is 5. The Balaban J connectivity index is 2.06. The molecule has 4 nitrogen and oxygen atoms in total. The summed E-state index contributed by atoms with van der Waals surface area (Å²) in [6, 6.07) is 5.72. The Morgan fingerprint density at radius 1 is 1.11 bits per heavy atom. The molecule has 0 saturated carbocycles. The highest BCUT2D eigenvalue weighted by atomic mass is 35.5. The Morgan fingerprint density at radius 2 is 1.74 bits per heavy atom. The van der Waals surface area contributed by atoms with Crippen LogP contribution >= 0.6 is 22.9 Å². The van der Waals surface area contributed by atoms with Crippen LogP contribution in [0.25, 0.3) is 10.2 Å². The van der Waals surface area contributed by atoms with Gasteiger partial charge in [0.05, 0.1) is 20.7 Å². The number of fused-ring (bicyclic) bond motifs is 1. The Bertz CT molecular complexity index is 1150. The second-order valence-electron chi connectivity index (χ2n) is 5.07. The van der Waals surface area contributed by atoms with Crippen molar-refractivity contribution in [3.05, 3.63) is 53.6 Å². The van der Waals surface area contributed by atoms with Gasteiger partial charge in [-0.2, -0.15) is 13.2 Å². The van der Waals surface area contributed by atoms with Crippen LogP contribution in [0.5, 0.6) is 0 Å². The van der Waals surface area contributed by atoms with Crippen molar-refractivity contribution in [2.24, 2.45) is 4.99 Å². The lowest BCUT2D eigenvalue weighted by atomic mass is 10.2. The Labute approximate surface area is 157 Å². The molecule has 0 aliphatic heterocycles. The summed E-state index contributed by atoms with van der Waals surface area (Å²) >= 11 is 6.55. The standard InChI is InChI=1S/C15H6ClF5N2O2S2/c16-13(12-8(17)2-1-3-9(12)18)23-14-22-10-5-4-7(6-11(10)26-14)27(24,25)15(19,20)21/h1-6H. The number of sulfone groups is 1. The molecular weight excluding hydrogens is 435 g/mol. The van der Waals surface area contributed by atoms with Crippen LogP contribution in [0.3, 0.4) is 0 Å². The average molecular weight is 441 g/mol. The molecule has 1 heterocycles. The summed E-state index contributed by atoms with van der Waals surface area (Å²) in [5.41, 5.74) is -5.88. The van der Waals surface area contributed by atoms with Gasteiger partial charge < -0.3 is 0 Å². The first-order valence-electron chi connectivity index (χ1n) is 6.91. The van der Waals surface area contributed by atoms with Crippen molar-refractivity contribution in [1.82, 2.24) is 4.98 Å². The molecule has 12 heteroatoms. The molecule has 0 saturated heterocycles. The van der Waals surface area contributed by atoms with E-state index in [9.17, 15) is 30.4 Å². The summed E-state index contributed by atoms with van der Waals surface area (Å²) in [4.78, 5) is 6.76. The third-order valence-electron chi connectivity index (χ3n) is 3.33. The van der Waals surface area contributed by atoms with Gasteiger partial charge in [0.15, 0.2) is 0 Å². The molecule has 3 rings (SSSR count). The molecular formula is C15H6ClF5N2O2S2. The van der Waals surface area contributed by atoms with Crippen molar-refractivity contribution < 1.29 is 30.4 Å². The van der Waals surface area contributed by atoms with E-state index < -0.39 is 42.6 Å². The quantitative estimate of drug-likeness (QED) is 0.416. The van der Waals surface area contributed by atoms with Gasteiger partial charge in [-0.3, -0.25) is 0 Å². The van der Waals surface area contributed by atoms with E-state index in [0.717, 1.165) is 36.4 Å². The van der Waals surface area contributed by atoms with Gasteiger partial charge in [-0.05, 0) is 30.3 Å². The fourth-order valence-corrected chi connectivity index (χ4v) is 4.13. The van der Waals surface area contributed by atoms with Crippen LogP contribution in [-0.2, 0) is 9.84 Å². The lowest BCUT2D eigenvalue weighted by Gasteiger charge is -2.07. The number of rotatable bonds is 3. The third-order valence-corrected chi connectivity index (χ3v) is 6.00. The van der Waals surface area contributed by atoms with E-state index in [2.05, 4.69) is 9.98 Å². The molecule has 0 bridgehead atoms. The summed E-state index contributed by atoms with van der Waals surface area (Å²) in [5, 5.41) is -0.660. The number of nitrogens with zero attached hydrogens (tertiary/aromatic N) is 2. The molecule has 2 aromatic carbocycles. The number of halogens is 6. The Hall–Kier alpha value is -2.11. The van der Waals surface area contributed by atoms with Crippen LogP contribution < -0.4 is 0 Å². The fourth-order valence-electron chi connectivity index (χ4n) is 2.08. The average Bonchev–Trinajstić information content (AvgIpc) is 2.94. The summed E-state index contributed by atoms with van der Waals surface area (Å²) in [7, 11) is -5.52. The SMILES string of the molecule is O=S(=O)(c1ccc2nc(N=C(Cl)c3c(F)cccc3F)sc2c1)C(F)(F)F. The van der Waals surface area contributed by atoms with E-state index in [-0.39, 0.29) is 15.3 Å². The van der Waals surface area contributed by atoms with E-state index in [1.807, 2.05) is 0 Å². The Kier molecular flexibility index (Phi) is 4.95. The van der Waals surface area contributed by atoms with Gasteiger partial charge >= 0.3 is 5.51 Å². The smallest absolute Gasteiger partial charge is 0.218 e. The van der Waals surface area contributed by atoms with Crippen molar-refractivity contribution in [2.75, 3.05) is 0 Å². The molecule has 0 atom stereocenters. The van der Waals surface area contributed by atoms with Crippen LogP contribution in [0.15, 0.2) is 46.3 Å². The molecule has 3 aromatic rings. The summed E-state index contributed by atoms with van der Waals surface area (Å²) in [6.45, 7) is 0. The topological polar surface area (TPSA) is 59.4 Å². The van der Waals surface area contributed by atoms with Crippen LogP contribution in [0.2, 0.25) is 0 Å². The van der Waals surface area contributed by atoms with Gasteiger partial charge in [-0.1, -0.05) is 29.0 Å². The minimum atomic E-state index is -5.52. The number of thiazole rings is 1. The maximum atomic E-state index is 13.7. The van der Waals surface area contributed by atoms with Crippen molar-refractivity contribution in [3.63, 3.8) is 0 Å². The molecule has 0 fully saturated rings. The van der Waals surface area contributed by atoms with E-state index in [1.165, 1.54) is 0 Å². The number of aromatic nitrogens is 1. The molecule has 27 heavy (non-hydrogen) atoms. The number of aliphatic imine (C=N–C) groups is 1. The largest absolute Gasteiger partial charge is 0.501 e. The monoisotopic (exact) mass is 440 g/mol. The van der Waals surface area contributed by atoms with Crippen molar-refractivity contribution in [3.8, 4) is 0 Å². The van der Waals surface area contributed by atoms with Crippen molar-refractivity contribution in [1.29, 1.82) is 0 Å². The maximum absolute atomic E-state index is 13.7. The first-order valence-corrected chi connectivity index (χ1v) is 9.59. The third kappa shape index (κ3) is 3.66. The molecule has 0 aliphatic rings. The van der Waals surface area contributed by atoms with Gasteiger partial charge in [0, 0.05) is 0 Å². The highest BCUT2D eigenvalue weighted by molar-refractivity contribution is 7.92. The van der Waals surface area contributed by atoms with E-state index in [1.54, 1.807) is 0 Å². The van der Waals surface area contributed by atoms with Crippen LogP contribution in [0.4, 0.5) is 27.1 Å². The maximum Gasteiger partial charge on any atom is 0.501 e. The van der Waals surface area contributed by atoms with E-state index >= 15 is 0 Å². The van der Waals surface area contributed by atoms with Crippen molar-refractivity contribution in [2.45, 2.75) is 10.4 Å². The fraction of sp³-hybridized carbons (Fsp3) is 0.0667. The minimum absolute atomic E-state index is 0.0811. The lowest BCUT2D eigenvalue weighted by molar-refractivity contribution is -0.0435. The molecule has 0 N–H and O–H groups in total. The van der Waals surface area contributed by atoms with Gasteiger partial charge in [-0.15, -0.1) is 0 Å². The number of benzene rings is 2. The zero-order valence-corrected chi connectivity index (χ0v) is 15.1. The summed E-state index contributed by atoms with van der Waals surface area (Å²) < 4.78 is 88.4. The molecule has 0 amide bonds. The van der Waals surface area contributed by atoms with Gasteiger partial charge in [0.2, 0.25) is 5.13 Å². The van der Waals surface area contributed by atoms with Crippen molar-refractivity contribution >= 4 is 53.3 Å². The summed E-state index contributed by atoms with van der Waals surface area (Å²) in [6.07, 6.45) is 0. The normalized spacial score (nSPS) is 13.3. The van der Waals surface area contributed by atoms with Gasteiger partial charge in [0.1, 0.15) is 16.8 Å². The van der Waals surface area contributed by atoms with Gasteiger partial charge in [0.25, 0.3) is 9.84 Å². The van der Waals surface area contributed by atoms with Crippen LogP contribution in [0, 0.1) is 11.6 Å². The molecule has 0 radical (unpaired) electrons.